The van der Waals surface area contributed by atoms with Crippen molar-refractivity contribution in [2.75, 3.05) is 18.2 Å². The Kier molecular flexibility index (Phi) is 8.61. The summed E-state index contributed by atoms with van der Waals surface area (Å²) >= 11 is 2.83. The van der Waals surface area contributed by atoms with Gasteiger partial charge >= 0.3 is 0 Å². The molecule has 1 unspecified atom stereocenters. The van der Waals surface area contributed by atoms with E-state index in [4.69, 9.17) is 9.47 Å². The second kappa shape index (κ2) is 11.9. The molecule has 0 radical (unpaired) electrons. The van der Waals surface area contributed by atoms with Crippen LogP contribution in [-0.2, 0) is 4.79 Å². The smallest absolute Gasteiger partial charge is 0.236 e. The summed E-state index contributed by atoms with van der Waals surface area (Å²) in [5.41, 5.74) is 0. The zero-order valence-corrected chi connectivity index (χ0v) is 22.2. The van der Waals surface area contributed by atoms with E-state index in [-0.39, 0.29) is 23.8 Å². The van der Waals surface area contributed by atoms with Crippen LogP contribution in [0.25, 0.3) is 0 Å². The molecule has 35 heavy (non-hydrogen) atoms. The number of rotatable bonds is 10. The predicted molar refractivity (Wildman–Crippen MR) is 138 cm³/mol. The molecule has 2 heterocycles. The van der Waals surface area contributed by atoms with Crippen LogP contribution in [0.4, 0.5) is 5.13 Å². The Balaban J connectivity index is 1.38. The van der Waals surface area contributed by atoms with Gasteiger partial charge in [-0.1, -0.05) is 54.5 Å². The molecule has 1 atom stereocenters. The number of para-hydroxylation sites is 2. The van der Waals surface area contributed by atoms with Crippen molar-refractivity contribution in [2.45, 2.75) is 76.1 Å². The molecule has 4 rings (SSSR count). The molecular weight excluding hydrogens is 484 g/mol. The van der Waals surface area contributed by atoms with E-state index in [2.05, 4.69) is 39.6 Å². The zero-order chi connectivity index (χ0) is 24.8. The van der Waals surface area contributed by atoms with Crippen LogP contribution in [0.15, 0.2) is 29.4 Å². The molecule has 1 aliphatic carbocycles. The van der Waals surface area contributed by atoms with Gasteiger partial charge < -0.3 is 14.0 Å². The number of benzene rings is 1. The van der Waals surface area contributed by atoms with Crippen molar-refractivity contribution in [3.63, 3.8) is 0 Å². The molecule has 1 saturated carbocycles. The normalized spacial score (nSPS) is 15.2. The quantitative estimate of drug-likeness (QED) is 0.345. The maximum absolute atomic E-state index is 12.6. The van der Waals surface area contributed by atoms with Crippen molar-refractivity contribution in [2.24, 2.45) is 0 Å². The van der Waals surface area contributed by atoms with Crippen molar-refractivity contribution >= 4 is 34.1 Å². The van der Waals surface area contributed by atoms with Gasteiger partial charge in [0.2, 0.25) is 11.0 Å². The average Bonchev–Trinajstić information content (AvgIpc) is 3.51. The number of nitrogens with one attached hydrogen (secondary N) is 1. The van der Waals surface area contributed by atoms with E-state index in [0.29, 0.717) is 33.5 Å². The van der Waals surface area contributed by atoms with Crippen molar-refractivity contribution in [3.05, 3.63) is 35.1 Å². The van der Waals surface area contributed by atoms with Crippen LogP contribution in [0.5, 0.6) is 11.5 Å². The maximum atomic E-state index is 12.6. The van der Waals surface area contributed by atoms with Gasteiger partial charge in [0.05, 0.1) is 12.9 Å². The van der Waals surface area contributed by atoms with Crippen LogP contribution < -0.4 is 14.8 Å². The van der Waals surface area contributed by atoms with Gasteiger partial charge in [0.15, 0.2) is 28.6 Å². The number of ether oxygens (including phenoxy) is 2. The van der Waals surface area contributed by atoms with Crippen molar-refractivity contribution in [3.8, 4) is 11.5 Å². The van der Waals surface area contributed by atoms with Crippen LogP contribution in [0.3, 0.4) is 0 Å². The molecule has 0 bridgehead atoms. The lowest BCUT2D eigenvalue weighted by Crippen LogP contribution is -2.16. The number of methoxy groups -OCH3 is 1. The highest BCUT2D eigenvalue weighted by Crippen LogP contribution is 2.35. The molecule has 1 fully saturated rings. The lowest BCUT2D eigenvalue weighted by molar-refractivity contribution is -0.113. The van der Waals surface area contributed by atoms with Crippen LogP contribution in [0.1, 0.15) is 81.8 Å². The Bertz CT molecular complexity index is 1130. The van der Waals surface area contributed by atoms with Gasteiger partial charge in [0.1, 0.15) is 5.01 Å². The number of hydrogen-bond acceptors (Lipinski definition) is 9. The molecule has 1 aliphatic rings. The topological polar surface area (TPSA) is 104 Å². The maximum Gasteiger partial charge on any atom is 0.236 e. The van der Waals surface area contributed by atoms with Crippen LogP contribution >= 0.6 is 23.1 Å². The standard InChI is InChI=1S/C24H32N6O3S2/c1-15(2)30-21(16(3)33-19-13-9-8-12-18(19)32-4)26-29-24(30)34-14-20(31)25-23-28-27-22(35-23)17-10-6-5-7-11-17/h8-9,12-13,15-17H,5-7,10-11,14H2,1-4H3,(H,25,28,31). The highest BCUT2D eigenvalue weighted by Gasteiger charge is 2.24. The van der Waals surface area contributed by atoms with Gasteiger partial charge in [-0.15, -0.1) is 20.4 Å². The van der Waals surface area contributed by atoms with E-state index in [0.717, 1.165) is 17.8 Å². The number of carbonyl (C=O) groups excluding carboxylic acids is 1. The molecule has 0 spiro atoms. The minimum atomic E-state index is -0.357. The van der Waals surface area contributed by atoms with Gasteiger partial charge in [0.25, 0.3) is 0 Å². The third-order valence-electron chi connectivity index (χ3n) is 5.92. The van der Waals surface area contributed by atoms with Crippen molar-refractivity contribution in [1.82, 2.24) is 25.0 Å². The van der Waals surface area contributed by atoms with Crippen LogP contribution in [0, 0.1) is 0 Å². The molecule has 1 N–H and O–H groups in total. The van der Waals surface area contributed by atoms with Gasteiger partial charge in [0, 0.05) is 12.0 Å². The number of nitrogens with zero attached hydrogens (tertiary/aromatic N) is 5. The molecule has 11 heteroatoms. The summed E-state index contributed by atoms with van der Waals surface area (Å²) in [6.07, 6.45) is 5.73. The fraction of sp³-hybridized carbons (Fsp3) is 0.542. The second-order valence-electron chi connectivity index (χ2n) is 8.83. The zero-order valence-electron chi connectivity index (χ0n) is 20.6. The fourth-order valence-corrected chi connectivity index (χ4v) is 6.00. The van der Waals surface area contributed by atoms with E-state index in [1.165, 1.54) is 42.4 Å². The van der Waals surface area contributed by atoms with E-state index < -0.39 is 0 Å². The van der Waals surface area contributed by atoms with Gasteiger partial charge in [-0.05, 0) is 45.7 Å². The summed E-state index contributed by atoms with van der Waals surface area (Å²) in [6.45, 7) is 6.04. The number of thioether (sulfide) groups is 1. The SMILES string of the molecule is COc1ccccc1OC(C)c1nnc(SCC(=O)Nc2nnc(C3CCCCC3)s2)n1C(C)C. The first-order chi connectivity index (χ1) is 17.0. The predicted octanol–water partition coefficient (Wildman–Crippen LogP) is 5.64. The van der Waals surface area contributed by atoms with E-state index in [9.17, 15) is 4.79 Å². The molecular formula is C24H32N6O3S2. The first kappa shape index (κ1) is 25.4. The molecule has 1 aromatic carbocycles. The molecule has 188 valence electrons. The average molecular weight is 517 g/mol. The fourth-order valence-electron chi connectivity index (χ4n) is 4.19. The Hall–Kier alpha value is -2.66. The molecule has 3 aromatic rings. The largest absolute Gasteiger partial charge is 0.493 e. The molecule has 2 aromatic heterocycles. The van der Waals surface area contributed by atoms with Crippen LogP contribution in [0.2, 0.25) is 0 Å². The van der Waals surface area contributed by atoms with E-state index >= 15 is 0 Å². The molecule has 1 amide bonds. The summed E-state index contributed by atoms with van der Waals surface area (Å²) in [5, 5.41) is 22.4. The van der Waals surface area contributed by atoms with Gasteiger partial charge in [-0.25, -0.2) is 0 Å². The number of anilines is 1. The minimum absolute atomic E-state index is 0.0931. The van der Waals surface area contributed by atoms with Crippen molar-refractivity contribution < 1.29 is 14.3 Å². The highest BCUT2D eigenvalue weighted by molar-refractivity contribution is 7.99. The third-order valence-corrected chi connectivity index (χ3v) is 7.86. The van der Waals surface area contributed by atoms with Crippen molar-refractivity contribution in [1.29, 1.82) is 0 Å². The lowest BCUT2D eigenvalue weighted by Gasteiger charge is -2.19. The number of aromatic nitrogens is 5. The lowest BCUT2D eigenvalue weighted by atomic mass is 9.90. The number of hydrogen-bond donors (Lipinski definition) is 1. The first-order valence-corrected chi connectivity index (χ1v) is 13.8. The van der Waals surface area contributed by atoms with Crippen LogP contribution in [-0.4, -0.2) is 43.7 Å². The highest BCUT2D eigenvalue weighted by atomic mass is 32.2. The summed E-state index contributed by atoms with van der Waals surface area (Å²) in [5.74, 6) is 2.52. The molecule has 0 saturated heterocycles. The summed E-state index contributed by atoms with van der Waals surface area (Å²) in [4.78, 5) is 12.6. The van der Waals surface area contributed by atoms with Gasteiger partial charge in [-0.3, -0.25) is 10.1 Å². The van der Waals surface area contributed by atoms with E-state index in [1.807, 2.05) is 35.8 Å². The van der Waals surface area contributed by atoms with E-state index in [1.54, 1.807) is 7.11 Å². The summed E-state index contributed by atoms with van der Waals surface area (Å²) < 4.78 is 13.5. The Morgan fingerprint density at radius 3 is 2.57 bits per heavy atom. The Labute approximate surface area is 214 Å². The summed E-state index contributed by atoms with van der Waals surface area (Å²) in [6, 6.07) is 7.60. The molecule has 0 aliphatic heterocycles. The summed E-state index contributed by atoms with van der Waals surface area (Å²) in [7, 11) is 1.61. The third kappa shape index (κ3) is 6.32. The number of amides is 1. The monoisotopic (exact) mass is 516 g/mol. The number of carbonyl (C=O) groups is 1. The Morgan fingerprint density at radius 1 is 1.11 bits per heavy atom. The second-order valence-corrected chi connectivity index (χ2v) is 10.8. The van der Waals surface area contributed by atoms with Gasteiger partial charge in [-0.2, -0.15) is 0 Å². The molecule has 9 nitrogen and oxygen atoms in total. The first-order valence-electron chi connectivity index (χ1n) is 12.0. The minimum Gasteiger partial charge on any atom is -0.493 e. The Morgan fingerprint density at radius 2 is 1.86 bits per heavy atom.